The second-order valence-corrected chi connectivity index (χ2v) is 2.92. The number of carboxylic acid groups (broad SMARTS) is 1. The number of carboxylic acids is 1. The van der Waals surface area contributed by atoms with Crippen molar-refractivity contribution in [2.75, 3.05) is 5.73 Å². The molecule has 0 fully saturated rings. The van der Waals surface area contributed by atoms with E-state index in [1.807, 2.05) is 0 Å². The molecule has 0 saturated heterocycles. The summed E-state index contributed by atoms with van der Waals surface area (Å²) in [5.74, 6) is -0.433. The molecule has 14 heavy (non-hydrogen) atoms. The number of nitrogen functional groups attached to an aromatic ring is 1. The highest BCUT2D eigenvalue weighted by molar-refractivity contribution is 5.72. The molecule has 0 spiro atoms. The summed E-state index contributed by atoms with van der Waals surface area (Å²) in [6, 6.07) is 6.65. The lowest BCUT2D eigenvalue weighted by atomic mass is 10.2. The maximum Gasteiger partial charge on any atom is 0.344 e. The first-order valence-electron chi connectivity index (χ1n) is 4.38. The third-order valence-electron chi connectivity index (χ3n) is 1.80. The Morgan fingerprint density at radius 1 is 1.50 bits per heavy atom. The molecule has 0 amide bonds. The minimum atomic E-state index is -0.954. The summed E-state index contributed by atoms with van der Waals surface area (Å²) in [7, 11) is 0. The number of nitrogens with two attached hydrogens (primary N) is 1. The molecular formula is C10H13NO3. The lowest BCUT2D eigenvalue weighted by Gasteiger charge is -2.12. The maximum atomic E-state index is 10.7. The van der Waals surface area contributed by atoms with Gasteiger partial charge in [0.15, 0.2) is 6.10 Å². The third kappa shape index (κ3) is 2.65. The largest absolute Gasteiger partial charge is 0.479 e. The van der Waals surface area contributed by atoms with Crippen molar-refractivity contribution in [3.8, 4) is 5.75 Å². The average molecular weight is 195 g/mol. The molecule has 1 rings (SSSR count). The molecule has 1 atom stereocenters. The van der Waals surface area contributed by atoms with Crippen molar-refractivity contribution < 1.29 is 14.6 Å². The van der Waals surface area contributed by atoms with Gasteiger partial charge in [-0.3, -0.25) is 0 Å². The van der Waals surface area contributed by atoms with Crippen LogP contribution in [-0.4, -0.2) is 17.2 Å². The van der Waals surface area contributed by atoms with E-state index in [1.54, 1.807) is 31.2 Å². The molecular weight excluding hydrogens is 182 g/mol. The number of hydrogen-bond donors (Lipinski definition) is 2. The van der Waals surface area contributed by atoms with E-state index in [4.69, 9.17) is 15.6 Å². The summed E-state index contributed by atoms with van der Waals surface area (Å²) >= 11 is 0. The maximum absolute atomic E-state index is 10.7. The monoisotopic (exact) mass is 195 g/mol. The number of ether oxygens (including phenoxy) is 1. The van der Waals surface area contributed by atoms with Gasteiger partial charge in [-0.25, -0.2) is 4.79 Å². The number of hydrogen-bond acceptors (Lipinski definition) is 3. The van der Waals surface area contributed by atoms with Crippen LogP contribution in [0.25, 0.3) is 0 Å². The first-order chi connectivity index (χ1) is 6.63. The number of aliphatic carboxylic acids is 1. The van der Waals surface area contributed by atoms with E-state index < -0.39 is 12.1 Å². The third-order valence-corrected chi connectivity index (χ3v) is 1.80. The Hall–Kier alpha value is -1.71. The van der Waals surface area contributed by atoms with Gasteiger partial charge in [-0.1, -0.05) is 6.92 Å². The van der Waals surface area contributed by atoms with Gasteiger partial charge >= 0.3 is 5.97 Å². The van der Waals surface area contributed by atoms with Crippen LogP contribution in [0.15, 0.2) is 24.3 Å². The first-order valence-corrected chi connectivity index (χ1v) is 4.38. The summed E-state index contributed by atoms with van der Waals surface area (Å²) in [4.78, 5) is 10.7. The van der Waals surface area contributed by atoms with E-state index in [0.717, 1.165) is 0 Å². The summed E-state index contributed by atoms with van der Waals surface area (Å²) < 4.78 is 5.22. The molecule has 0 heterocycles. The first kappa shape index (κ1) is 10.4. The Balaban J connectivity index is 2.67. The molecule has 0 radical (unpaired) electrons. The second-order valence-electron chi connectivity index (χ2n) is 2.92. The Labute approximate surface area is 82.3 Å². The lowest BCUT2D eigenvalue weighted by molar-refractivity contribution is -0.145. The van der Waals surface area contributed by atoms with Crippen molar-refractivity contribution in [2.24, 2.45) is 0 Å². The van der Waals surface area contributed by atoms with E-state index in [0.29, 0.717) is 17.9 Å². The Kier molecular flexibility index (Phi) is 3.34. The normalized spacial score (nSPS) is 12.1. The highest BCUT2D eigenvalue weighted by Gasteiger charge is 2.16. The zero-order valence-corrected chi connectivity index (χ0v) is 7.93. The van der Waals surface area contributed by atoms with Crippen LogP contribution in [0.3, 0.4) is 0 Å². The Morgan fingerprint density at radius 2 is 2.07 bits per heavy atom. The smallest absolute Gasteiger partial charge is 0.344 e. The van der Waals surface area contributed by atoms with Crippen molar-refractivity contribution in [1.29, 1.82) is 0 Å². The molecule has 1 aromatic rings. The molecule has 1 aromatic carbocycles. The molecule has 3 N–H and O–H groups in total. The van der Waals surface area contributed by atoms with Gasteiger partial charge in [0, 0.05) is 5.69 Å². The summed E-state index contributed by atoms with van der Waals surface area (Å²) in [5, 5.41) is 8.74. The van der Waals surface area contributed by atoms with Gasteiger partial charge in [-0.05, 0) is 30.7 Å². The van der Waals surface area contributed by atoms with Gasteiger partial charge in [0.05, 0.1) is 0 Å². The van der Waals surface area contributed by atoms with Gasteiger partial charge in [-0.2, -0.15) is 0 Å². The van der Waals surface area contributed by atoms with Crippen molar-refractivity contribution in [2.45, 2.75) is 19.4 Å². The molecule has 0 unspecified atom stereocenters. The molecule has 0 bridgehead atoms. The molecule has 0 aliphatic carbocycles. The van der Waals surface area contributed by atoms with Crippen molar-refractivity contribution >= 4 is 11.7 Å². The number of carbonyl (C=O) groups is 1. The zero-order valence-electron chi connectivity index (χ0n) is 7.93. The average Bonchev–Trinajstić information content (AvgIpc) is 2.16. The van der Waals surface area contributed by atoms with Crippen LogP contribution in [-0.2, 0) is 4.79 Å². The number of benzene rings is 1. The van der Waals surface area contributed by atoms with Crippen LogP contribution in [0.4, 0.5) is 5.69 Å². The molecule has 76 valence electrons. The predicted octanol–water partition coefficient (Wildman–Crippen LogP) is 1.51. The minimum Gasteiger partial charge on any atom is -0.479 e. The standard InChI is InChI=1S/C10H13NO3/c1-2-9(10(12)13)14-8-5-3-7(11)4-6-8/h3-6,9H,2,11H2,1H3,(H,12,13)/t9-/m0/s1. The van der Waals surface area contributed by atoms with E-state index in [2.05, 4.69) is 0 Å². The fraction of sp³-hybridized carbons (Fsp3) is 0.300. The van der Waals surface area contributed by atoms with E-state index in [1.165, 1.54) is 0 Å². The van der Waals surface area contributed by atoms with Gasteiger partial charge in [0.2, 0.25) is 0 Å². The van der Waals surface area contributed by atoms with E-state index >= 15 is 0 Å². The van der Waals surface area contributed by atoms with Gasteiger partial charge in [0.25, 0.3) is 0 Å². The molecule has 0 saturated carbocycles. The highest BCUT2D eigenvalue weighted by Crippen LogP contribution is 2.15. The van der Waals surface area contributed by atoms with Crippen LogP contribution in [0, 0.1) is 0 Å². The number of rotatable bonds is 4. The van der Waals surface area contributed by atoms with Crippen molar-refractivity contribution in [3.63, 3.8) is 0 Å². The molecule has 4 heteroatoms. The van der Waals surface area contributed by atoms with Crippen LogP contribution in [0.5, 0.6) is 5.75 Å². The van der Waals surface area contributed by atoms with Crippen LogP contribution in [0.2, 0.25) is 0 Å². The fourth-order valence-electron chi connectivity index (χ4n) is 1.02. The lowest BCUT2D eigenvalue weighted by Crippen LogP contribution is -2.25. The molecule has 4 nitrogen and oxygen atoms in total. The number of anilines is 1. The van der Waals surface area contributed by atoms with Crippen LogP contribution >= 0.6 is 0 Å². The van der Waals surface area contributed by atoms with Crippen molar-refractivity contribution in [1.82, 2.24) is 0 Å². The van der Waals surface area contributed by atoms with Gasteiger partial charge in [-0.15, -0.1) is 0 Å². The molecule has 0 aromatic heterocycles. The quantitative estimate of drug-likeness (QED) is 0.714. The van der Waals surface area contributed by atoms with Crippen LogP contribution in [0.1, 0.15) is 13.3 Å². The Morgan fingerprint density at radius 3 is 2.50 bits per heavy atom. The van der Waals surface area contributed by atoms with E-state index in [-0.39, 0.29) is 0 Å². The summed E-state index contributed by atoms with van der Waals surface area (Å²) in [6.07, 6.45) is -0.363. The van der Waals surface area contributed by atoms with E-state index in [9.17, 15) is 4.79 Å². The van der Waals surface area contributed by atoms with Gasteiger partial charge in [0.1, 0.15) is 5.75 Å². The fourth-order valence-corrected chi connectivity index (χ4v) is 1.02. The van der Waals surface area contributed by atoms with Gasteiger partial charge < -0.3 is 15.6 Å². The molecule has 0 aliphatic heterocycles. The Bertz CT molecular complexity index is 308. The SMILES string of the molecule is CC[C@H](Oc1ccc(N)cc1)C(=O)O. The highest BCUT2D eigenvalue weighted by atomic mass is 16.5. The van der Waals surface area contributed by atoms with Crippen LogP contribution < -0.4 is 10.5 Å². The zero-order chi connectivity index (χ0) is 10.6. The minimum absolute atomic E-state index is 0.430. The van der Waals surface area contributed by atoms with Crippen molar-refractivity contribution in [3.05, 3.63) is 24.3 Å². The summed E-state index contributed by atoms with van der Waals surface area (Å²) in [5.41, 5.74) is 6.10. The summed E-state index contributed by atoms with van der Waals surface area (Å²) in [6.45, 7) is 1.76. The topological polar surface area (TPSA) is 72.5 Å². The second kappa shape index (κ2) is 4.50. The molecule has 0 aliphatic rings. The predicted molar refractivity (Wildman–Crippen MR) is 53.2 cm³/mol.